The molecule has 0 aromatic heterocycles. The molecule has 2 rings (SSSR count). The van der Waals surface area contributed by atoms with E-state index in [2.05, 4.69) is 5.32 Å². The molecule has 2 heterocycles. The zero-order valence-electron chi connectivity index (χ0n) is 8.41. The van der Waals surface area contributed by atoms with Crippen molar-refractivity contribution in [2.45, 2.75) is 37.8 Å². The second kappa shape index (κ2) is 4.28. The molecule has 2 saturated heterocycles. The fourth-order valence-electron chi connectivity index (χ4n) is 2.27. The molecule has 0 spiro atoms. The first-order valence-electron chi connectivity index (χ1n) is 5.47. The molecular formula is C10H18N2O2. The quantitative estimate of drug-likeness (QED) is 0.609. The minimum Gasteiger partial charge on any atom is -0.391 e. The number of piperidine rings is 1. The number of likely N-dealkylation sites (tertiary alicyclic amines) is 1. The SMILES string of the molecule is O=C(C1CCCN1)N1CCCC(O)C1. The molecule has 2 unspecified atom stereocenters. The lowest BCUT2D eigenvalue weighted by atomic mass is 10.1. The maximum atomic E-state index is 11.9. The van der Waals surface area contributed by atoms with Crippen LogP contribution >= 0.6 is 0 Å². The van der Waals surface area contributed by atoms with Gasteiger partial charge in [0.05, 0.1) is 12.1 Å². The maximum absolute atomic E-state index is 11.9. The molecule has 80 valence electrons. The highest BCUT2D eigenvalue weighted by Gasteiger charge is 2.29. The summed E-state index contributed by atoms with van der Waals surface area (Å²) in [6, 6.07) is 0.0142. The van der Waals surface area contributed by atoms with Gasteiger partial charge in [0.25, 0.3) is 0 Å². The minimum absolute atomic E-state index is 0.0142. The molecule has 0 aliphatic carbocycles. The van der Waals surface area contributed by atoms with Crippen molar-refractivity contribution in [3.05, 3.63) is 0 Å². The van der Waals surface area contributed by atoms with Crippen molar-refractivity contribution in [1.82, 2.24) is 10.2 Å². The molecule has 0 radical (unpaired) electrons. The van der Waals surface area contributed by atoms with E-state index in [1.54, 1.807) is 4.90 Å². The Bertz CT molecular complexity index is 214. The van der Waals surface area contributed by atoms with Crippen LogP contribution in [-0.2, 0) is 4.79 Å². The van der Waals surface area contributed by atoms with Crippen molar-refractivity contribution < 1.29 is 9.90 Å². The van der Waals surface area contributed by atoms with E-state index in [1.807, 2.05) is 0 Å². The fourth-order valence-corrected chi connectivity index (χ4v) is 2.27. The molecule has 4 nitrogen and oxygen atoms in total. The first-order valence-corrected chi connectivity index (χ1v) is 5.47. The summed E-state index contributed by atoms with van der Waals surface area (Å²) in [6.45, 7) is 2.29. The summed E-state index contributed by atoms with van der Waals surface area (Å²) in [5.41, 5.74) is 0. The van der Waals surface area contributed by atoms with Crippen molar-refractivity contribution in [2.75, 3.05) is 19.6 Å². The maximum Gasteiger partial charge on any atom is 0.239 e. The Morgan fingerprint density at radius 1 is 1.36 bits per heavy atom. The van der Waals surface area contributed by atoms with Gasteiger partial charge in [0.2, 0.25) is 5.91 Å². The Morgan fingerprint density at radius 3 is 2.86 bits per heavy atom. The number of rotatable bonds is 1. The second-order valence-corrected chi connectivity index (χ2v) is 4.23. The molecule has 1 amide bonds. The third-order valence-corrected chi connectivity index (χ3v) is 3.07. The van der Waals surface area contributed by atoms with Crippen LogP contribution in [0.15, 0.2) is 0 Å². The number of β-amino-alcohol motifs (C(OH)–C–C–N with tert-alkyl or cyclic N) is 1. The van der Waals surface area contributed by atoms with Crippen molar-refractivity contribution >= 4 is 5.91 Å². The zero-order valence-corrected chi connectivity index (χ0v) is 8.41. The van der Waals surface area contributed by atoms with E-state index in [0.717, 1.165) is 38.8 Å². The van der Waals surface area contributed by atoms with Crippen molar-refractivity contribution in [1.29, 1.82) is 0 Å². The standard InChI is InChI=1S/C10H18N2O2/c13-8-3-2-6-12(7-8)10(14)9-4-1-5-11-9/h8-9,11,13H,1-7H2. The van der Waals surface area contributed by atoms with E-state index < -0.39 is 0 Å². The van der Waals surface area contributed by atoms with Gasteiger partial charge in [-0.1, -0.05) is 0 Å². The number of amides is 1. The van der Waals surface area contributed by atoms with E-state index in [0.29, 0.717) is 6.54 Å². The number of aliphatic hydroxyl groups is 1. The van der Waals surface area contributed by atoms with Gasteiger partial charge in [0, 0.05) is 13.1 Å². The molecule has 0 saturated carbocycles. The number of aliphatic hydroxyl groups excluding tert-OH is 1. The normalized spacial score (nSPS) is 33.4. The van der Waals surface area contributed by atoms with Crippen molar-refractivity contribution in [3.8, 4) is 0 Å². The molecular weight excluding hydrogens is 180 g/mol. The van der Waals surface area contributed by atoms with E-state index in [1.165, 1.54) is 0 Å². The molecule has 2 N–H and O–H groups in total. The van der Waals surface area contributed by atoms with Crippen molar-refractivity contribution in [2.24, 2.45) is 0 Å². The fraction of sp³-hybridized carbons (Fsp3) is 0.900. The molecule has 0 bridgehead atoms. The predicted octanol–water partition coefficient (Wildman–Crippen LogP) is -0.278. The number of nitrogens with zero attached hydrogens (tertiary/aromatic N) is 1. The molecule has 2 aliphatic rings. The lowest BCUT2D eigenvalue weighted by Crippen LogP contribution is -2.49. The van der Waals surface area contributed by atoms with E-state index in [9.17, 15) is 9.90 Å². The van der Waals surface area contributed by atoms with Gasteiger partial charge in [0.1, 0.15) is 0 Å². The van der Waals surface area contributed by atoms with Crippen LogP contribution in [0.3, 0.4) is 0 Å². The highest BCUT2D eigenvalue weighted by atomic mass is 16.3. The summed E-state index contributed by atoms with van der Waals surface area (Å²) in [5.74, 6) is 0.182. The van der Waals surface area contributed by atoms with Crippen LogP contribution < -0.4 is 5.32 Å². The smallest absolute Gasteiger partial charge is 0.239 e. The highest BCUT2D eigenvalue weighted by Crippen LogP contribution is 2.14. The Morgan fingerprint density at radius 2 is 2.21 bits per heavy atom. The summed E-state index contributed by atoms with van der Waals surface area (Å²) in [4.78, 5) is 13.7. The summed E-state index contributed by atoms with van der Waals surface area (Å²) >= 11 is 0. The molecule has 14 heavy (non-hydrogen) atoms. The molecule has 4 heteroatoms. The van der Waals surface area contributed by atoms with E-state index in [4.69, 9.17) is 0 Å². The van der Waals surface area contributed by atoms with Gasteiger partial charge >= 0.3 is 0 Å². The van der Waals surface area contributed by atoms with Gasteiger partial charge in [-0.3, -0.25) is 4.79 Å². The number of hydrogen-bond acceptors (Lipinski definition) is 3. The van der Waals surface area contributed by atoms with Crippen LogP contribution in [0.1, 0.15) is 25.7 Å². The largest absolute Gasteiger partial charge is 0.391 e. The molecule has 2 fully saturated rings. The van der Waals surface area contributed by atoms with Gasteiger partial charge in [-0.05, 0) is 32.2 Å². The van der Waals surface area contributed by atoms with Crippen LogP contribution in [0.25, 0.3) is 0 Å². The number of nitrogens with one attached hydrogen (secondary N) is 1. The van der Waals surface area contributed by atoms with Crippen molar-refractivity contribution in [3.63, 3.8) is 0 Å². The highest BCUT2D eigenvalue weighted by molar-refractivity contribution is 5.82. The first kappa shape index (κ1) is 9.93. The third-order valence-electron chi connectivity index (χ3n) is 3.07. The molecule has 0 aromatic rings. The van der Waals surface area contributed by atoms with Crippen LogP contribution in [0.2, 0.25) is 0 Å². The second-order valence-electron chi connectivity index (χ2n) is 4.23. The van der Waals surface area contributed by atoms with E-state index >= 15 is 0 Å². The first-order chi connectivity index (χ1) is 6.77. The van der Waals surface area contributed by atoms with Crippen LogP contribution in [-0.4, -0.2) is 47.7 Å². The average Bonchev–Trinajstić information content (AvgIpc) is 2.69. The molecule has 2 atom stereocenters. The van der Waals surface area contributed by atoms with Gasteiger partial charge in [-0.15, -0.1) is 0 Å². The lowest BCUT2D eigenvalue weighted by molar-refractivity contribution is -0.136. The minimum atomic E-state index is -0.311. The average molecular weight is 198 g/mol. The van der Waals surface area contributed by atoms with Gasteiger partial charge < -0.3 is 15.3 Å². The van der Waals surface area contributed by atoms with Gasteiger partial charge in [-0.2, -0.15) is 0 Å². The van der Waals surface area contributed by atoms with Gasteiger partial charge in [-0.25, -0.2) is 0 Å². The van der Waals surface area contributed by atoms with Crippen LogP contribution in [0.4, 0.5) is 0 Å². The monoisotopic (exact) mass is 198 g/mol. The molecule has 2 aliphatic heterocycles. The Balaban J connectivity index is 1.89. The zero-order chi connectivity index (χ0) is 9.97. The van der Waals surface area contributed by atoms with Gasteiger partial charge in [0.15, 0.2) is 0 Å². The lowest BCUT2D eigenvalue weighted by Gasteiger charge is -2.31. The number of carbonyl (C=O) groups is 1. The summed E-state index contributed by atoms with van der Waals surface area (Å²) in [7, 11) is 0. The third kappa shape index (κ3) is 2.07. The van der Waals surface area contributed by atoms with Crippen LogP contribution in [0, 0.1) is 0 Å². The Hall–Kier alpha value is -0.610. The Kier molecular flexibility index (Phi) is 3.03. The number of carbonyl (C=O) groups excluding carboxylic acids is 1. The summed E-state index contributed by atoms with van der Waals surface area (Å²) < 4.78 is 0. The van der Waals surface area contributed by atoms with Crippen LogP contribution in [0.5, 0.6) is 0 Å². The topological polar surface area (TPSA) is 52.6 Å². The summed E-state index contributed by atoms with van der Waals surface area (Å²) in [5, 5.41) is 12.7. The number of hydrogen-bond donors (Lipinski definition) is 2. The summed E-state index contributed by atoms with van der Waals surface area (Å²) in [6.07, 6.45) is 3.49. The molecule has 0 aromatic carbocycles. The Labute approximate surface area is 84.3 Å². The predicted molar refractivity (Wildman–Crippen MR) is 52.8 cm³/mol. The van der Waals surface area contributed by atoms with E-state index in [-0.39, 0.29) is 18.1 Å².